The number of rotatable bonds is 7. The van der Waals surface area contributed by atoms with Crippen molar-refractivity contribution >= 4 is 5.78 Å². The number of halogens is 2. The molecule has 0 fully saturated rings. The summed E-state index contributed by atoms with van der Waals surface area (Å²) in [5, 5.41) is 0. The second-order valence-electron chi connectivity index (χ2n) is 4.23. The first-order chi connectivity index (χ1) is 9.72. The molecular formula is C18H24F2O. The Morgan fingerprint density at radius 3 is 1.90 bits per heavy atom. The summed E-state index contributed by atoms with van der Waals surface area (Å²) in [5.74, 6) is -2.88. The van der Waals surface area contributed by atoms with Crippen LogP contribution in [0.1, 0.15) is 33.6 Å². The maximum Gasteiger partial charge on any atom is 0.169 e. The molecule has 0 atom stereocenters. The van der Waals surface area contributed by atoms with Gasteiger partial charge in [-0.25, -0.2) is 8.78 Å². The molecule has 0 heterocycles. The monoisotopic (exact) mass is 294 g/mol. The quantitative estimate of drug-likeness (QED) is 0.419. The predicted octanol–water partition coefficient (Wildman–Crippen LogP) is 5.94. The van der Waals surface area contributed by atoms with Gasteiger partial charge in [0.15, 0.2) is 17.4 Å². The van der Waals surface area contributed by atoms with Crippen LogP contribution in [0.4, 0.5) is 8.78 Å². The molecule has 0 unspecified atom stereocenters. The number of carbonyl (C=O) groups is 1. The first kappa shape index (κ1) is 21.3. The summed E-state index contributed by atoms with van der Waals surface area (Å²) < 4.78 is 26.0. The van der Waals surface area contributed by atoms with Gasteiger partial charge in [0.1, 0.15) is 0 Å². The summed E-state index contributed by atoms with van der Waals surface area (Å²) in [6.45, 7) is 18.6. The Bertz CT molecular complexity index is 479. The number of Topliss-reactive ketones (excluding diaryl/α,β-unsaturated/α-hetero) is 1. The van der Waals surface area contributed by atoms with Crippen LogP contribution in [0.25, 0.3) is 0 Å². The molecular weight excluding hydrogens is 270 g/mol. The lowest BCUT2D eigenvalue weighted by Gasteiger charge is -2.02. The molecule has 0 saturated heterocycles. The molecule has 0 saturated carbocycles. The van der Waals surface area contributed by atoms with Crippen molar-refractivity contribution in [3.63, 3.8) is 0 Å². The highest BCUT2D eigenvalue weighted by molar-refractivity contribution is 5.96. The van der Waals surface area contributed by atoms with Gasteiger partial charge in [-0.3, -0.25) is 4.79 Å². The van der Waals surface area contributed by atoms with Gasteiger partial charge < -0.3 is 0 Å². The Balaban J connectivity index is 0. The molecule has 0 aliphatic carbocycles. The molecule has 0 aliphatic rings. The molecule has 1 nitrogen and oxygen atoms in total. The zero-order chi connectivity index (χ0) is 17.0. The van der Waals surface area contributed by atoms with Crippen molar-refractivity contribution in [1.82, 2.24) is 0 Å². The van der Waals surface area contributed by atoms with E-state index in [1.165, 1.54) is 0 Å². The fourth-order valence-electron chi connectivity index (χ4n) is 0.919. The van der Waals surface area contributed by atoms with Crippen molar-refractivity contribution in [2.45, 2.75) is 33.6 Å². The fourth-order valence-corrected chi connectivity index (χ4v) is 0.919. The molecule has 21 heavy (non-hydrogen) atoms. The highest BCUT2D eigenvalue weighted by atomic mass is 19.2. The van der Waals surface area contributed by atoms with Crippen molar-refractivity contribution in [3.05, 3.63) is 72.9 Å². The van der Waals surface area contributed by atoms with Crippen molar-refractivity contribution in [1.29, 1.82) is 0 Å². The molecule has 0 N–H and O–H groups in total. The number of ketones is 1. The Morgan fingerprint density at radius 2 is 1.57 bits per heavy atom. The SMILES string of the molecule is C=C(CC)/C(F)=C(/F)C(=C)C(C)=O.C=C/C=C\C(=C)CC. The average Bonchev–Trinajstić information content (AvgIpc) is 2.49. The number of hydrogen-bond acceptors (Lipinski definition) is 1. The molecule has 3 heteroatoms. The van der Waals surface area contributed by atoms with Crippen molar-refractivity contribution < 1.29 is 13.6 Å². The van der Waals surface area contributed by atoms with E-state index in [4.69, 9.17) is 0 Å². The largest absolute Gasteiger partial charge is 0.294 e. The minimum atomic E-state index is -1.21. The van der Waals surface area contributed by atoms with E-state index in [9.17, 15) is 13.6 Å². The lowest BCUT2D eigenvalue weighted by Crippen LogP contribution is -1.97. The molecule has 0 aliphatic heterocycles. The van der Waals surface area contributed by atoms with Crippen molar-refractivity contribution in [3.8, 4) is 0 Å². The van der Waals surface area contributed by atoms with Crippen LogP contribution in [-0.4, -0.2) is 5.78 Å². The highest BCUT2D eigenvalue weighted by Crippen LogP contribution is 2.23. The maximum atomic E-state index is 13.0. The third-order valence-electron chi connectivity index (χ3n) is 2.54. The zero-order valence-corrected chi connectivity index (χ0v) is 13.1. The first-order valence-corrected chi connectivity index (χ1v) is 6.63. The predicted molar refractivity (Wildman–Crippen MR) is 87.3 cm³/mol. The second kappa shape index (κ2) is 11.8. The molecule has 0 bridgehead atoms. The minimum absolute atomic E-state index is 0.0277. The van der Waals surface area contributed by atoms with E-state index in [-0.39, 0.29) is 5.57 Å². The van der Waals surface area contributed by atoms with E-state index in [1.807, 2.05) is 12.2 Å². The minimum Gasteiger partial charge on any atom is -0.294 e. The summed E-state index contributed by atoms with van der Waals surface area (Å²) in [6.07, 6.45) is 6.93. The molecule has 116 valence electrons. The lowest BCUT2D eigenvalue weighted by molar-refractivity contribution is -0.113. The van der Waals surface area contributed by atoms with E-state index in [0.29, 0.717) is 6.42 Å². The van der Waals surface area contributed by atoms with E-state index < -0.39 is 23.0 Å². The molecule has 0 aromatic rings. The Morgan fingerprint density at radius 1 is 1.05 bits per heavy atom. The van der Waals surface area contributed by atoms with Crippen LogP contribution in [0.5, 0.6) is 0 Å². The van der Waals surface area contributed by atoms with Gasteiger partial charge in [0.05, 0.1) is 0 Å². The molecule has 0 spiro atoms. The Hall–Kier alpha value is -2.03. The van der Waals surface area contributed by atoms with Crippen molar-refractivity contribution in [2.24, 2.45) is 0 Å². The van der Waals surface area contributed by atoms with Gasteiger partial charge in [-0.15, -0.1) is 0 Å². The zero-order valence-electron chi connectivity index (χ0n) is 13.1. The standard InChI is InChI=1S/C10H12F2O.C8H12/c1-5-6(2)9(11)10(12)7(3)8(4)13;1-4-6-7-8(3)5-2/h2-3,5H2,1,4H3;4,6-7H,1,3,5H2,2H3/b10-9-;7-6-. The van der Waals surface area contributed by atoms with Gasteiger partial charge in [-0.05, 0) is 25.3 Å². The molecule has 0 amide bonds. The normalized spacial score (nSPS) is 11.1. The summed E-state index contributed by atoms with van der Waals surface area (Å²) in [6, 6.07) is 0. The van der Waals surface area contributed by atoms with Crippen LogP contribution in [0.3, 0.4) is 0 Å². The van der Waals surface area contributed by atoms with E-state index in [1.54, 1.807) is 13.0 Å². The molecule has 0 aromatic carbocycles. The summed E-state index contributed by atoms with van der Waals surface area (Å²) in [5.41, 5.74) is 0.719. The molecule has 0 radical (unpaired) electrons. The van der Waals surface area contributed by atoms with Gasteiger partial charge in [0, 0.05) is 5.57 Å². The number of carbonyl (C=O) groups excluding carboxylic acids is 1. The van der Waals surface area contributed by atoms with Gasteiger partial charge in [0.2, 0.25) is 0 Å². The van der Waals surface area contributed by atoms with Crippen LogP contribution in [-0.2, 0) is 4.79 Å². The van der Waals surface area contributed by atoms with Crippen LogP contribution < -0.4 is 0 Å². The smallest absolute Gasteiger partial charge is 0.169 e. The van der Waals surface area contributed by atoms with Gasteiger partial charge in [-0.2, -0.15) is 0 Å². The van der Waals surface area contributed by atoms with Crippen LogP contribution in [0.15, 0.2) is 72.9 Å². The lowest BCUT2D eigenvalue weighted by atomic mass is 10.1. The molecule has 0 aromatic heterocycles. The topological polar surface area (TPSA) is 17.1 Å². The Labute approximate surface area is 126 Å². The summed E-state index contributed by atoms with van der Waals surface area (Å²) in [4.78, 5) is 10.6. The third-order valence-corrected chi connectivity index (χ3v) is 2.54. The second-order valence-corrected chi connectivity index (χ2v) is 4.23. The number of hydrogen-bond donors (Lipinski definition) is 0. The number of allylic oxidation sites excluding steroid dienone is 8. The maximum absolute atomic E-state index is 13.0. The van der Waals surface area contributed by atoms with Crippen molar-refractivity contribution in [2.75, 3.05) is 0 Å². The third kappa shape index (κ3) is 9.50. The van der Waals surface area contributed by atoms with E-state index in [2.05, 4.69) is 33.2 Å². The fraction of sp³-hybridized carbons (Fsp3) is 0.278. The van der Waals surface area contributed by atoms with Gasteiger partial charge in [-0.1, -0.05) is 64.0 Å². The summed E-state index contributed by atoms with van der Waals surface area (Å²) in [7, 11) is 0. The van der Waals surface area contributed by atoms with Crippen LogP contribution in [0, 0.1) is 0 Å². The highest BCUT2D eigenvalue weighted by Gasteiger charge is 2.14. The Kier molecular flexibility index (Phi) is 11.9. The summed E-state index contributed by atoms with van der Waals surface area (Å²) >= 11 is 0. The first-order valence-electron chi connectivity index (χ1n) is 6.63. The van der Waals surface area contributed by atoms with E-state index in [0.717, 1.165) is 18.9 Å². The van der Waals surface area contributed by atoms with E-state index >= 15 is 0 Å². The van der Waals surface area contributed by atoms with Crippen LogP contribution >= 0.6 is 0 Å². The molecule has 0 rings (SSSR count). The van der Waals surface area contributed by atoms with Gasteiger partial charge in [0.25, 0.3) is 0 Å². The van der Waals surface area contributed by atoms with Gasteiger partial charge >= 0.3 is 0 Å². The average molecular weight is 294 g/mol. The van der Waals surface area contributed by atoms with Crippen LogP contribution in [0.2, 0.25) is 0 Å².